The summed E-state index contributed by atoms with van der Waals surface area (Å²) < 4.78 is 5.91. The monoisotopic (exact) mass is 423 g/mol. The smallest absolute Gasteiger partial charge is 0.251 e. The molecular formula is C27H25N3O2. The highest BCUT2D eigenvalue weighted by atomic mass is 16.3. The zero-order chi connectivity index (χ0) is 21.9. The molecule has 0 aliphatic heterocycles. The molecule has 0 fully saturated rings. The van der Waals surface area contributed by atoms with Gasteiger partial charge in [0.2, 0.25) is 0 Å². The Hall–Kier alpha value is -3.86. The maximum atomic E-state index is 12.7. The third-order valence-electron chi connectivity index (χ3n) is 5.77. The van der Waals surface area contributed by atoms with Crippen molar-refractivity contribution in [3.63, 3.8) is 0 Å². The number of nitrogens with one attached hydrogen (secondary N) is 2. The summed E-state index contributed by atoms with van der Waals surface area (Å²) in [6.45, 7) is 2.65. The van der Waals surface area contributed by atoms with E-state index >= 15 is 0 Å². The largest absolute Gasteiger partial charge is 0.441 e. The molecule has 32 heavy (non-hydrogen) atoms. The van der Waals surface area contributed by atoms with Crippen molar-refractivity contribution in [2.45, 2.75) is 26.2 Å². The third-order valence-corrected chi connectivity index (χ3v) is 5.77. The van der Waals surface area contributed by atoms with E-state index in [4.69, 9.17) is 4.42 Å². The number of aromatic nitrogens is 2. The van der Waals surface area contributed by atoms with Gasteiger partial charge < -0.3 is 14.7 Å². The second-order valence-corrected chi connectivity index (χ2v) is 8.14. The van der Waals surface area contributed by atoms with Gasteiger partial charge in [0.05, 0.1) is 0 Å². The molecule has 5 rings (SSSR count). The molecule has 0 unspecified atom stereocenters. The van der Waals surface area contributed by atoms with Crippen LogP contribution < -0.4 is 5.32 Å². The minimum atomic E-state index is -0.106. The van der Waals surface area contributed by atoms with Crippen LogP contribution in [-0.2, 0) is 19.3 Å². The van der Waals surface area contributed by atoms with E-state index in [9.17, 15) is 4.79 Å². The van der Waals surface area contributed by atoms with E-state index in [1.54, 1.807) is 12.1 Å². The third kappa shape index (κ3) is 4.28. The zero-order valence-electron chi connectivity index (χ0n) is 18.0. The molecule has 0 spiro atoms. The lowest BCUT2D eigenvalue weighted by atomic mass is 10.1. The molecular weight excluding hydrogens is 398 g/mol. The molecule has 5 nitrogen and oxygen atoms in total. The fourth-order valence-corrected chi connectivity index (χ4v) is 4.03. The van der Waals surface area contributed by atoms with Gasteiger partial charge >= 0.3 is 0 Å². The van der Waals surface area contributed by atoms with Gasteiger partial charge in [0.25, 0.3) is 5.91 Å². The molecule has 0 radical (unpaired) electrons. The Morgan fingerprint density at radius 2 is 1.88 bits per heavy atom. The normalized spacial score (nSPS) is 11.3. The first-order valence-corrected chi connectivity index (χ1v) is 10.9. The Morgan fingerprint density at radius 3 is 2.75 bits per heavy atom. The van der Waals surface area contributed by atoms with Crippen LogP contribution in [0.2, 0.25) is 0 Å². The summed E-state index contributed by atoms with van der Waals surface area (Å²) in [5.74, 6) is 0.584. The number of carbonyl (C=O) groups is 1. The number of nitrogens with zero attached hydrogens (tertiary/aromatic N) is 1. The minimum absolute atomic E-state index is 0.106. The van der Waals surface area contributed by atoms with Gasteiger partial charge in [-0.05, 0) is 61.2 Å². The van der Waals surface area contributed by atoms with Crippen LogP contribution in [-0.4, -0.2) is 22.4 Å². The molecule has 0 aliphatic rings. The predicted molar refractivity (Wildman–Crippen MR) is 127 cm³/mol. The van der Waals surface area contributed by atoms with Gasteiger partial charge in [0.1, 0.15) is 5.52 Å². The summed E-state index contributed by atoms with van der Waals surface area (Å²) in [5, 5.41) is 4.23. The average Bonchev–Trinajstić information content (AvgIpc) is 3.41. The van der Waals surface area contributed by atoms with E-state index in [0.29, 0.717) is 23.6 Å². The van der Waals surface area contributed by atoms with Crippen LogP contribution in [0.15, 0.2) is 77.3 Å². The second-order valence-electron chi connectivity index (χ2n) is 8.14. The molecule has 5 heteroatoms. The SMILES string of the molecule is Cc1ccc2[nH]cc(CCNC(=O)c3ccc4nc(CCc5ccccc5)oc4c3)c2c1. The number of benzene rings is 3. The maximum Gasteiger partial charge on any atom is 0.251 e. The van der Waals surface area contributed by atoms with Crippen molar-refractivity contribution in [2.75, 3.05) is 6.54 Å². The van der Waals surface area contributed by atoms with Crippen molar-refractivity contribution in [3.05, 3.63) is 101 Å². The number of rotatable bonds is 7. The zero-order valence-corrected chi connectivity index (χ0v) is 18.0. The van der Waals surface area contributed by atoms with Crippen LogP contribution in [0.4, 0.5) is 0 Å². The van der Waals surface area contributed by atoms with Crippen LogP contribution >= 0.6 is 0 Å². The van der Waals surface area contributed by atoms with Gasteiger partial charge in [-0.15, -0.1) is 0 Å². The molecule has 2 N–H and O–H groups in total. The van der Waals surface area contributed by atoms with Crippen LogP contribution in [0.3, 0.4) is 0 Å². The summed E-state index contributed by atoms with van der Waals surface area (Å²) in [6, 6.07) is 22.1. The molecule has 0 saturated heterocycles. The fraction of sp³-hybridized carbons (Fsp3) is 0.185. The number of hydrogen-bond acceptors (Lipinski definition) is 3. The standard InChI is InChI=1S/C27H25N3O2/c1-18-7-10-23-22(15-18)21(17-29-23)13-14-28-27(31)20-9-11-24-25(16-20)32-26(30-24)12-8-19-5-3-2-4-6-19/h2-7,9-11,15-17,29H,8,12-14H2,1H3,(H,28,31). The molecule has 1 amide bonds. The highest BCUT2D eigenvalue weighted by Crippen LogP contribution is 2.21. The van der Waals surface area contributed by atoms with E-state index in [1.807, 2.05) is 30.5 Å². The number of amides is 1. The van der Waals surface area contributed by atoms with Gasteiger partial charge in [-0.25, -0.2) is 4.98 Å². The number of carbonyl (C=O) groups excluding carboxylic acids is 1. The van der Waals surface area contributed by atoms with Crippen LogP contribution in [0.5, 0.6) is 0 Å². The first-order valence-electron chi connectivity index (χ1n) is 10.9. The van der Waals surface area contributed by atoms with Crippen LogP contribution in [0.1, 0.15) is 32.9 Å². The number of oxazole rings is 1. The lowest BCUT2D eigenvalue weighted by Crippen LogP contribution is -2.25. The summed E-state index contributed by atoms with van der Waals surface area (Å²) in [7, 11) is 0. The van der Waals surface area contributed by atoms with Gasteiger partial charge in [-0.1, -0.05) is 42.0 Å². The van der Waals surface area contributed by atoms with Crippen molar-refractivity contribution >= 4 is 27.9 Å². The van der Waals surface area contributed by atoms with Crippen LogP contribution in [0, 0.1) is 6.92 Å². The molecule has 0 saturated carbocycles. The Kier molecular flexibility index (Phi) is 5.46. The van der Waals surface area contributed by atoms with Gasteiger partial charge in [-0.2, -0.15) is 0 Å². The lowest BCUT2D eigenvalue weighted by Gasteiger charge is -2.05. The summed E-state index contributed by atoms with van der Waals surface area (Å²) in [6.07, 6.45) is 4.38. The van der Waals surface area contributed by atoms with E-state index in [2.05, 4.69) is 52.5 Å². The number of fused-ring (bicyclic) bond motifs is 2. The van der Waals surface area contributed by atoms with Crippen molar-refractivity contribution in [2.24, 2.45) is 0 Å². The second kappa shape index (κ2) is 8.71. The minimum Gasteiger partial charge on any atom is -0.441 e. The Morgan fingerprint density at radius 1 is 1.00 bits per heavy atom. The number of hydrogen-bond donors (Lipinski definition) is 2. The highest BCUT2D eigenvalue weighted by molar-refractivity contribution is 5.97. The summed E-state index contributed by atoms with van der Waals surface area (Å²) in [4.78, 5) is 20.5. The topological polar surface area (TPSA) is 70.9 Å². The molecule has 2 aromatic heterocycles. The predicted octanol–water partition coefficient (Wildman–Crippen LogP) is 5.38. The van der Waals surface area contributed by atoms with Gasteiger partial charge in [0.15, 0.2) is 11.5 Å². The Balaban J connectivity index is 1.22. The number of aromatic amines is 1. The molecule has 2 heterocycles. The van der Waals surface area contributed by atoms with Gasteiger partial charge in [0, 0.05) is 35.6 Å². The molecule has 160 valence electrons. The van der Waals surface area contributed by atoms with Crippen LogP contribution in [0.25, 0.3) is 22.0 Å². The molecule has 0 bridgehead atoms. The average molecular weight is 424 g/mol. The van der Waals surface area contributed by atoms with Crippen molar-refractivity contribution in [1.82, 2.24) is 15.3 Å². The molecule has 0 aliphatic carbocycles. The quantitative estimate of drug-likeness (QED) is 0.369. The number of aryl methyl sites for hydroxylation is 3. The first kappa shape index (κ1) is 20.1. The lowest BCUT2D eigenvalue weighted by molar-refractivity contribution is 0.0954. The molecule has 3 aromatic carbocycles. The van der Waals surface area contributed by atoms with Crippen molar-refractivity contribution < 1.29 is 9.21 Å². The maximum absolute atomic E-state index is 12.7. The van der Waals surface area contributed by atoms with E-state index in [0.717, 1.165) is 30.3 Å². The Bertz CT molecular complexity index is 1380. The van der Waals surface area contributed by atoms with Gasteiger partial charge in [-0.3, -0.25) is 4.79 Å². The van der Waals surface area contributed by atoms with Crippen molar-refractivity contribution in [1.29, 1.82) is 0 Å². The highest BCUT2D eigenvalue weighted by Gasteiger charge is 2.11. The Labute approximate surface area is 186 Å². The number of H-pyrrole nitrogens is 1. The van der Waals surface area contributed by atoms with Crippen molar-refractivity contribution in [3.8, 4) is 0 Å². The van der Waals surface area contributed by atoms with E-state index < -0.39 is 0 Å². The molecule has 5 aromatic rings. The fourth-order valence-electron chi connectivity index (χ4n) is 4.03. The van der Waals surface area contributed by atoms with E-state index in [1.165, 1.54) is 22.1 Å². The van der Waals surface area contributed by atoms with E-state index in [-0.39, 0.29) is 5.91 Å². The molecule has 0 atom stereocenters. The summed E-state index contributed by atoms with van der Waals surface area (Å²) >= 11 is 0. The summed E-state index contributed by atoms with van der Waals surface area (Å²) in [5.41, 5.74) is 6.81. The first-order chi connectivity index (χ1) is 15.7.